The van der Waals surface area contributed by atoms with Gasteiger partial charge in [-0.2, -0.15) is 5.10 Å². The molecule has 0 aliphatic carbocycles. The van der Waals surface area contributed by atoms with Crippen molar-refractivity contribution in [3.8, 4) is 11.1 Å². The minimum Gasteiger partial charge on any atom is -0.375 e. The average molecular weight is 520 g/mol. The first-order valence-corrected chi connectivity index (χ1v) is 12.5. The van der Waals surface area contributed by atoms with Crippen LogP contribution in [-0.2, 0) is 6.54 Å². The van der Waals surface area contributed by atoms with E-state index in [9.17, 15) is 9.90 Å². The summed E-state index contributed by atoms with van der Waals surface area (Å²) in [4.78, 5) is 18.9. The van der Waals surface area contributed by atoms with Crippen LogP contribution in [0, 0.1) is 5.82 Å². The number of aromatic nitrogens is 4. The lowest BCUT2D eigenvalue weighted by molar-refractivity contribution is 0.0913. The summed E-state index contributed by atoms with van der Waals surface area (Å²) in [5.41, 5.74) is 3.09. The molecule has 1 saturated heterocycles. The normalized spacial score (nSPS) is 16.3. The number of aliphatic hydroxyl groups excluding tert-OH is 1. The Morgan fingerprint density at radius 3 is 2.95 bits per heavy atom. The van der Waals surface area contributed by atoms with Gasteiger partial charge in [-0.1, -0.05) is 37.7 Å². The van der Waals surface area contributed by atoms with Crippen LogP contribution in [0.5, 0.6) is 0 Å². The van der Waals surface area contributed by atoms with Crippen LogP contribution in [-0.4, -0.2) is 56.7 Å². The highest BCUT2D eigenvalue weighted by molar-refractivity contribution is 6.00. The van der Waals surface area contributed by atoms with Gasteiger partial charge in [-0.15, -0.1) is 0 Å². The number of aromatic amines is 1. The lowest BCUT2D eigenvalue weighted by atomic mass is 10.0. The lowest BCUT2D eigenvalue weighted by Gasteiger charge is -2.19. The number of anilines is 1. The maximum absolute atomic E-state index is 15.2. The monoisotopic (exact) mass is 519 g/mol. The van der Waals surface area contributed by atoms with E-state index in [1.54, 1.807) is 18.3 Å². The van der Waals surface area contributed by atoms with E-state index in [4.69, 9.17) is 4.52 Å². The van der Waals surface area contributed by atoms with Crippen molar-refractivity contribution in [2.75, 3.05) is 18.0 Å². The molecule has 38 heavy (non-hydrogen) atoms. The smallest absolute Gasteiger partial charge is 0.290 e. The van der Waals surface area contributed by atoms with Gasteiger partial charge in [0.1, 0.15) is 12.0 Å². The molecule has 1 fully saturated rings. The zero-order valence-electron chi connectivity index (χ0n) is 21.2. The van der Waals surface area contributed by atoms with Gasteiger partial charge in [0.15, 0.2) is 11.5 Å². The lowest BCUT2D eigenvalue weighted by Crippen LogP contribution is -2.39. The number of hydrogen-bond acceptors (Lipinski definition) is 8. The number of H-pyrrole nitrogens is 1. The average Bonchev–Trinajstić information content (AvgIpc) is 3.67. The van der Waals surface area contributed by atoms with E-state index in [1.807, 2.05) is 26.0 Å². The van der Waals surface area contributed by atoms with Crippen molar-refractivity contribution < 1.29 is 18.8 Å². The summed E-state index contributed by atoms with van der Waals surface area (Å²) < 4.78 is 20.3. The first-order valence-electron chi connectivity index (χ1n) is 12.5. The minimum atomic E-state index is -0.771. The van der Waals surface area contributed by atoms with E-state index < -0.39 is 18.0 Å². The van der Waals surface area contributed by atoms with Gasteiger partial charge in [-0.05, 0) is 41.7 Å². The maximum atomic E-state index is 15.2. The van der Waals surface area contributed by atoms with E-state index in [-0.39, 0.29) is 24.3 Å². The van der Waals surface area contributed by atoms with Crippen molar-refractivity contribution in [2.45, 2.75) is 45.0 Å². The zero-order valence-corrected chi connectivity index (χ0v) is 21.2. The Morgan fingerprint density at radius 2 is 2.21 bits per heavy atom. The third-order valence-corrected chi connectivity index (χ3v) is 6.71. The summed E-state index contributed by atoms with van der Waals surface area (Å²) in [7, 11) is 0. The number of halogens is 1. The number of nitrogens with one attached hydrogen (secondary N) is 3. The molecule has 11 heteroatoms. The standard InChI is InChI=1S/C27H30FN7O3/c1-4-23(36)31-18-8-10-35(14-18)26-24-19(7-9-29-25(24)32-33-26)16-5-6-17(20(28)11-16)13-30-27(37)22-12-21(15(2)3)34-38-22/h4-7,9,11-12,15,18,23,31,36H,1,8,10,13-14H2,2-3H3,(H,30,37)(H,29,32,33)/t18-,23?/m1/s1. The highest BCUT2D eigenvalue weighted by Gasteiger charge is 2.27. The molecule has 2 atom stereocenters. The SMILES string of the molecule is C=CC(O)N[C@@H]1CCN(c2n[nH]c3nccc(-c4ccc(CNC(=O)c5cc(C(C)C)no5)c(F)c4)c23)C1. The van der Waals surface area contributed by atoms with Crippen LogP contribution >= 0.6 is 0 Å². The zero-order chi connectivity index (χ0) is 26.8. The molecule has 1 aromatic carbocycles. The predicted octanol–water partition coefficient (Wildman–Crippen LogP) is 3.48. The van der Waals surface area contributed by atoms with Crippen LogP contribution in [0.1, 0.15) is 48.0 Å². The van der Waals surface area contributed by atoms with Crippen molar-refractivity contribution in [3.63, 3.8) is 0 Å². The molecule has 1 aliphatic heterocycles. The fourth-order valence-electron chi connectivity index (χ4n) is 4.59. The number of pyridine rings is 1. The van der Waals surface area contributed by atoms with Crippen LogP contribution in [0.4, 0.5) is 10.2 Å². The molecule has 4 aromatic rings. The Hall–Kier alpha value is -4.09. The van der Waals surface area contributed by atoms with Crippen molar-refractivity contribution in [1.82, 2.24) is 31.0 Å². The molecule has 1 unspecified atom stereocenters. The van der Waals surface area contributed by atoms with Gasteiger partial charge in [0.25, 0.3) is 5.91 Å². The minimum absolute atomic E-state index is 0.00407. The third-order valence-electron chi connectivity index (χ3n) is 6.71. The molecule has 10 nitrogen and oxygen atoms in total. The largest absolute Gasteiger partial charge is 0.375 e. The first-order chi connectivity index (χ1) is 18.3. The van der Waals surface area contributed by atoms with Gasteiger partial charge in [0.05, 0.1) is 11.1 Å². The highest BCUT2D eigenvalue weighted by Crippen LogP contribution is 2.35. The highest BCUT2D eigenvalue weighted by atomic mass is 19.1. The van der Waals surface area contributed by atoms with E-state index in [0.717, 1.165) is 29.7 Å². The van der Waals surface area contributed by atoms with Crippen molar-refractivity contribution in [3.05, 3.63) is 72.0 Å². The van der Waals surface area contributed by atoms with Gasteiger partial charge in [-0.25, -0.2) is 9.37 Å². The van der Waals surface area contributed by atoms with Crippen LogP contribution < -0.4 is 15.5 Å². The molecule has 1 aliphatic rings. The fourth-order valence-corrected chi connectivity index (χ4v) is 4.59. The quantitative estimate of drug-likeness (QED) is 0.195. The van der Waals surface area contributed by atoms with E-state index in [0.29, 0.717) is 29.0 Å². The Balaban J connectivity index is 1.34. The number of benzene rings is 1. The Kier molecular flexibility index (Phi) is 7.21. The number of amides is 1. The Labute approximate surface area is 218 Å². The Bertz CT molecular complexity index is 1460. The summed E-state index contributed by atoms with van der Waals surface area (Å²) in [6.45, 7) is 8.90. The van der Waals surface area contributed by atoms with Crippen LogP contribution in [0.2, 0.25) is 0 Å². The number of carbonyl (C=O) groups is 1. The molecule has 4 heterocycles. The van der Waals surface area contributed by atoms with E-state index >= 15 is 4.39 Å². The summed E-state index contributed by atoms with van der Waals surface area (Å²) in [5.74, 6) is 0.0584. The Morgan fingerprint density at radius 1 is 1.37 bits per heavy atom. The van der Waals surface area contributed by atoms with Gasteiger partial charge in [-0.3, -0.25) is 15.2 Å². The molecule has 0 radical (unpaired) electrons. The summed E-state index contributed by atoms with van der Waals surface area (Å²) in [6.07, 6.45) is 3.17. The molecule has 0 saturated carbocycles. The predicted molar refractivity (Wildman–Crippen MR) is 141 cm³/mol. The number of hydrogen-bond donors (Lipinski definition) is 4. The molecule has 3 aromatic heterocycles. The van der Waals surface area contributed by atoms with Crippen molar-refractivity contribution >= 4 is 22.8 Å². The second-order valence-electron chi connectivity index (χ2n) is 9.67. The molecule has 198 valence electrons. The van der Waals surface area contributed by atoms with Crippen LogP contribution in [0.15, 0.2) is 53.7 Å². The summed E-state index contributed by atoms with van der Waals surface area (Å²) >= 11 is 0. The molecule has 0 spiro atoms. The van der Waals surface area contributed by atoms with Crippen LogP contribution in [0.3, 0.4) is 0 Å². The van der Waals surface area contributed by atoms with E-state index in [2.05, 4.69) is 42.5 Å². The molecule has 1 amide bonds. The van der Waals surface area contributed by atoms with Gasteiger partial charge in [0, 0.05) is 43.5 Å². The summed E-state index contributed by atoms with van der Waals surface area (Å²) in [6, 6.07) is 8.43. The molecule has 4 N–H and O–H groups in total. The van der Waals surface area contributed by atoms with Gasteiger partial charge < -0.3 is 19.8 Å². The number of fused-ring (bicyclic) bond motifs is 1. The summed E-state index contributed by atoms with van der Waals surface area (Å²) in [5, 5.41) is 27.8. The second-order valence-corrected chi connectivity index (χ2v) is 9.67. The number of aliphatic hydroxyl groups is 1. The molecule has 0 bridgehead atoms. The van der Waals surface area contributed by atoms with Crippen molar-refractivity contribution in [2.24, 2.45) is 0 Å². The van der Waals surface area contributed by atoms with Crippen LogP contribution in [0.25, 0.3) is 22.2 Å². The number of nitrogens with zero attached hydrogens (tertiary/aromatic N) is 4. The maximum Gasteiger partial charge on any atom is 0.290 e. The van der Waals surface area contributed by atoms with Gasteiger partial charge >= 0.3 is 0 Å². The molecule has 5 rings (SSSR count). The second kappa shape index (κ2) is 10.7. The van der Waals surface area contributed by atoms with E-state index in [1.165, 1.54) is 12.1 Å². The number of rotatable bonds is 9. The first kappa shape index (κ1) is 25.6. The fraction of sp³-hybridized carbons (Fsp3) is 0.333. The van der Waals surface area contributed by atoms with Gasteiger partial charge in [0.2, 0.25) is 5.76 Å². The third kappa shape index (κ3) is 5.15. The molecular weight excluding hydrogens is 489 g/mol. The van der Waals surface area contributed by atoms with Crippen molar-refractivity contribution in [1.29, 1.82) is 0 Å². The molecular formula is C27H30FN7O3. The topological polar surface area (TPSA) is 132 Å². The number of carbonyl (C=O) groups excluding carboxylic acids is 1.